The summed E-state index contributed by atoms with van der Waals surface area (Å²) in [5.74, 6) is -0.883. The van der Waals surface area contributed by atoms with Crippen molar-refractivity contribution in [3.05, 3.63) is 56.2 Å². The number of pyridine rings is 1. The van der Waals surface area contributed by atoms with Crippen molar-refractivity contribution < 1.29 is 14.3 Å². The zero-order chi connectivity index (χ0) is 22.1. The molecule has 0 fully saturated rings. The summed E-state index contributed by atoms with van der Waals surface area (Å²) in [5, 5.41) is 6.97. The molecule has 0 unspecified atom stereocenters. The van der Waals surface area contributed by atoms with Crippen LogP contribution in [0.25, 0.3) is 21.6 Å². The SMILES string of the molecule is Cc1nn(C)c2nc(-c3cccs3)cc(C(=O)OCC(=O)N(C)Cc3ccc(Cl)s3)c12. The van der Waals surface area contributed by atoms with Crippen molar-refractivity contribution in [2.45, 2.75) is 13.5 Å². The number of carbonyl (C=O) groups is 2. The summed E-state index contributed by atoms with van der Waals surface area (Å²) in [6, 6.07) is 9.22. The minimum atomic E-state index is -0.581. The Morgan fingerprint density at radius 2 is 2.10 bits per heavy atom. The Balaban J connectivity index is 1.55. The monoisotopic (exact) mass is 474 g/mol. The zero-order valence-electron chi connectivity index (χ0n) is 17.1. The molecule has 10 heteroatoms. The number of aryl methyl sites for hydroxylation is 2. The van der Waals surface area contributed by atoms with Gasteiger partial charge in [-0.1, -0.05) is 17.7 Å². The van der Waals surface area contributed by atoms with E-state index in [-0.39, 0.29) is 12.5 Å². The fourth-order valence-corrected chi connectivity index (χ4v) is 5.06. The number of ether oxygens (including phenoxy) is 1. The number of hydrogen-bond acceptors (Lipinski definition) is 7. The van der Waals surface area contributed by atoms with E-state index >= 15 is 0 Å². The average Bonchev–Trinajstić information content (AvgIpc) is 3.47. The van der Waals surface area contributed by atoms with Gasteiger partial charge in [-0.15, -0.1) is 22.7 Å². The van der Waals surface area contributed by atoms with Gasteiger partial charge in [-0.2, -0.15) is 5.10 Å². The molecule has 0 atom stereocenters. The van der Waals surface area contributed by atoms with Crippen LogP contribution in [0.5, 0.6) is 0 Å². The van der Waals surface area contributed by atoms with Gasteiger partial charge in [0.1, 0.15) is 0 Å². The van der Waals surface area contributed by atoms with Crippen LogP contribution >= 0.6 is 34.3 Å². The Bertz CT molecular complexity index is 1260. The Morgan fingerprint density at radius 1 is 1.29 bits per heavy atom. The van der Waals surface area contributed by atoms with E-state index < -0.39 is 5.97 Å². The molecule has 160 valence electrons. The third-order valence-corrected chi connectivity index (χ3v) is 6.84. The highest BCUT2D eigenvalue weighted by Gasteiger charge is 2.22. The average molecular weight is 475 g/mol. The van der Waals surface area contributed by atoms with Crippen LogP contribution in [-0.2, 0) is 23.1 Å². The van der Waals surface area contributed by atoms with Gasteiger partial charge < -0.3 is 9.64 Å². The molecular formula is C21H19ClN4O3S2. The first-order chi connectivity index (χ1) is 14.8. The van der Waals surface area contributed by atoms with E-state index in [0.717, 1.165) is 9.75 Å². The summed E-state index contributed by atoms with van der Waals surface area (Å²) in [6.45, 7) is 1.86. The molecule has 4 heterocycles. The number of carbonyl (C=O) groups excluding carboxylic acids is 2. The predicted molar refractivity (Wildman–Crippen MR) is 123 cm³/mol. The lowest BCUT2D eigenvalue weighted by Gasteiger charge is -2.16. The van der Waals surface area contributed by atoms with Crippen molar-refractivity contribution in [1.29, 1.82) is 0 Å². The van der Waals surface area contributed by atoms with Gasteiger partial charge in [0.15, 0.2) is 12.3 Å². The molecule has 0 aliphatic carbocycles. The second-order valence-corrected chi connectivity index (χ2v) is 9.72. The third-order valence-electron chi connectivity index (χ3n) is 4.74. The second-order valence-electron chi connectivity index (χ2n) is 6.97. The summed E-state index contributed by atoms with van der Waals surface area (Å²) in [6.07, 6.45) is 0. The lowest BCUT2D eigenvalue weighted by Crippen LogP contribution is -2.30. The summed E-state index contributed by atoms with van der Waals surface area (Å²) in [4.78, 5) is 33.5. The molecule has 0 spiro atoms. The maximum Gasteiger partial charge on any atom is 0.339 e. The van der Waals surface area contributed by atoms with E-state index in [1.165, 1.54) is 27.6 Å². The molecule has 0 aliphatic heterocycles. The lowest BCUT2D eigenvalue weighted by atomic mass is 10.1. The van der Waals surface area contributed by atoms with E-state index in [0.29, 0.717) is 38.9 Å². The molecule has 1 amide bonds. The van der Waals surface area contributed by atoms with Crippen LogP contribution in [0.3, 0.4) is 0 Å². The number of halogens is 1. The van der Waals surface area contributed by atoms with E-state index in [4.69, 9.17) is 16.3 Å². The maximum atomic E-state index is 13.0. The highest BCUT2D eigenvalue weighted by molar-refractivity contribution is 7.16. The van der Waals surface area contributed by atoms with Crippen LogP contribution < -0.4 is 0 Å². The number of fused-ring (bicyclic) bond motifs is 1. The van der Waals surface area contributed by atoms with Gasteiger partial charge >= 0.3 is 5.97 Å². The molecule has 31 heavy (non-hydrogen) atoms. The number of nitrogens with zero attached hydrogens (tertiary/aromatic N) is 4. The minimum Gasteiger partial charge on any atom is -0.452 e. The fraction of sp³-hybridized carbons (Fsp3) is 0.238. The van der Waals surface area contributed by atoms with Crippen LogP contribution in [0.1, 0.15) is 20.9 Å². The predicted octanol–water partition coefficient (Wildman–Crippen LogP) is 4.54. The molecule has 0 saturated carbocycles. The molecule has 0 bridgehead atoms. The van der Waals surface area contributed by atoms with Crippen LogP contribution in [0, 0.1) is 6.92 Å². The van der Waals surface area contributed by atoms with Crippen molar-refractivity contribution in [1.82, 2.24) is 19.7 Å². The molecule has 4 aromatic rings. The highest BCUT2D eigenvalue weighted by atomic mass is 35.5. The standard InChI is InChI=1S/C21H19ClN4O3S2/c1-12-19-14(9-15(16-5-4-8-30-16)23-20(19)26(3)24-12)21(28)29-11-18(27)25(2)10-13-6-7-17(22)31-13/h4-9H,10-11H2,1-3H3. The smallest absolute Gasteiger partial charge is 0.339 e. The molecule has 4 rings (SSSR count). The highest BCUT2D eigenvalue weighted by Crippen LogP contribution is 2.29. The number of amides is 1. The van der Waals surface area contributed by atoms with Crippen molar-refractivity contribution in [2.24, 2.45) is 7.05 Å². The molecule has 0 N–H and O–H groups in total. The van der Waals surface area contributed by atoms with Crippen LogP contribution in [0.2, 0.25) is 4.34 Å². The quantitative estimate of drug-likeness (QED) is 0.383. The summed E-state index contributed by atoms with van der Waals surface area (Å²) < 4.78 is 7.69. The first kappa shape index (κ1) is 21.5. The number of likely N-dealkylation sites (N-methyl/N-ethyl adjacent to an activating group) is 1. The molecule has 0 radical (unpaired) electrons. The number of hydrogen-bond donors (Lipinski definition) is 0. The van der Waals surface area contributed by atoms with Gasteiger partial charge in [0.2, 0.25) is 0 Å². The van der Waals surface area contributed by atoms with Crippen LogP contribution in [0.4, 0.5) is 0 Å². The third kappa shape index (κ3) is 4.48. The second kappa shape index (κ2) is 8.78. The zero-order valence-corrected chi connectivity index (χ0v) is 19.5. The molecule has 0 aromatic carbocycles. The minimum absolute atomic E-state index is 0.301. The topological polar surface area (TPSA) is 77.3 Å². The van der Waals surface area contributed by atoms with Crippen molar-refractivity contribution in [3.8, 4) is 10.6 Å². The van der Waals surface area contributed by atoms with Crippen LogP contribution in [-0.4, -0.2) is 45.2 Å². The summed E-state index contributed by atoms with van der Waals surface area (Å²) in [7, 11) is 3.44. The van der Waals surface area contributed by atoms with Gasteiger partial charge in [0, 0.05) is 19.0 Å². The van der Waals surface area contributed by atoms with E-state index in [1.54, 1.807) is 30.9 Å². The number of rotatable bonds is 6. The van der Waals surface area contributed by atoms with E-state index in [2.05, 4.69) is 10.1 Å². The Hall–Kier alpha value is -2.75. The normalized spacial score (nSPS) is 11.1. The van der Waals surface area contributed by atoms with Crippen molar-refractivity contribution >= 4 is 57.2 Å². The number of aromatic nitrogens is 3. The van der Waals surface area contributed by atoms with E-state index in [9.17, 15) is 9.59 Å². The maximum absolute atomic E-state index is 13.0. The van der Waals surface area contributed by atoms with E-state index in [1.807, 2.05) is 30.5 Å². The van der Waals surface area contributed by atoms with Gasteiger partial charge in [0.05, 0.1) is 38.1 Å². The first-order valence-corrected chi connectivity index (χ1v) is 11.4. The van der Waals surface area contributed by atoms with Crippen molar-refractivity contribution in [3.63, 3.8) is 0 Å². The fourth-order valence-electron chi connectivity index (χ4n) is 3.23. The summed E-state index contributed by atoms with van der Waals surface area (Å²) in [5.41, 5.74) is 2.27. The Kier molecular flexibility index (Phi) is 6.08. The van der Waals surface area contributed by atoms with Gasteiger partial charge in [-0.05, 0) is 36.6 Å². The molecule has 7 nitrogen and oxygen atoms in total. The molecule has 0 aliphatic rings. The summed E-state index contributed by atoms with van der Waals surface area (Å²) >= 11 is 8.88. The largest absolute Gasteiger partial charge is 0.452 e. The molecule has 4 aromatic heterocycles. The van der Waals surface area contributed by atoms with Crippen LogP contribution in [0.15, 0.2) is 35.7 Å². The Morgan fingerprint density at radius 3 is 2.77 bits per heavy atom. The number of thiophene rings is 2. The molecule has 0 saturated heterocycles. The number of esters is 1. The van der Waals surface area contributed by atoms with Gasteiger partial charge in [-0.25, -0.2) is 9.78 Å². The lowest BCUT2D eigenvalue weighted by molar-refractivity contribution is -0.133. The molecular weight excluding hydrogens is 456 g/mol. The van der Waals surface area contributed by atoms with Crippen molar-refractivity contribution in [2.75, 3.05) is 13.7 Å². The van der Waals surface area contributed by atoms with Gasteiger partial charge in [-0.3, -0.25) is 9.48 Å². The Labute approximate surface area is 191 Å². The first-order valence-electron chi connectivity index (χ1n) is 9.37. The van der Waals surface area contributed by atoms with Gasteiger partial charge in [0.25, 0.3) is 5.91 Å².